The number of aromatic nitrogens is 4. The average Bonchev–Trinajstić information content (AvgIpc) is 3.37. The van der Waals surface area contributed by atoms with Crippen LogP contribution in [-0.2, 0) is 10.2 Å². The molecule has 0 unspecified atom stereocenters. The molecule has 0 aliphatic carbocycles. The molecule has 0 aliphatic heterocycles. The smallest absolute Gasteiger partial charge is 0.262 e. The van der Waals surface area contributed by atoms with Crippen LogP contribution in [0.5, 0.6) is 5.75 Å². The Hall–Kier alpha value is -3.13. The van der Waals surface area contributed by atoms with Crippen LogP contribution in [0, 0.1) is 20.8 Å². The van der Waals surface area contributed by atoms with Crippen molar-refractivity contribution in [2.45, 2.75) is 47.0 Å². The highest BCUT2D eigenvalue weighted by Crippen LogP contribution is 2.33. The largest absolute Gasteiger partial charge is 0.483 e. The fourth-order valence-electron chi connectivity index (χ4n) is 3.63. The van der Waals surface area contributed by atoms with Crippen LogP contribution >= 0.6 is 11.3 Å². The zero-order valence-corrected chi connectivity index (χ0v) is 19.5. The molecular formula is C23H27N5O2S. The van der Waals surface area contributed by atoms with Crippen molar-refractivity contribution >= 4 is 27.9 Å². The molecule has 0 radical (unpaired) electrons. The molecule has 0 aliphatic rings. The normalized spacial score (nSPS) is 11.8. The highest BCUT2D eigenvalue weighted by molar-refractivity contribution is 7.19. The van der Waals surface area contributed by atoms with E-state index >= 15 is 0 Å². The molecule has 4 aromatic rings. The van der Waals surface area contributed by atoms with Gasteiger partial charge >= 0.3 is 0 Å². The number of anilines is 1. The summed E-state index contributed by atoms with van der Waals surface area (Å²) in [5.41, 5.74) is 5.20. The highest BCUT2D eigenvalue weighted by atomic mass is 32.1. The Morgan fingerprint density at radius 1 is 1.16 bits per heavy atom. The van der Waals surface area contributed by atoms with Gasteiger partial charge in [-0.2, -0.15) is 0 Å². The topological polar surface area (TPSA) is 84.3 Å². The van der Waals surface area contributed by atoms with Gasteiger partial charge in [-0.1, -0.05) is 38.5 Å². The number of thiophene rings is 1. The molecule has 0 atom stereocenters. The number of hydrogen-bond acceptors (Lipinski definition) is 5. The molecule has 0 fully saturated rings. The molecule has 0 saturated heterocycles. The van der Waals surface area contributed by atoms with Crippen LogP contribution in [-0.4, -0.2) is 32.3 Å². The summed E-state index contributed by atoms with van der Waals surface area (Å²) >= 11 is 1.45. The summed E-state index contributed by atoms with van der Waals surface area (Å²) in [5.74, 6) is 1.24. The standard InChI is InChI=1S/C23H27N5O2S/c1-13-7-8-16(14(2)11-13)30-12-18(29)24-19-10-9-17(31-19)22-26-25-21-15(3)20(23(4,5)6)27-28(21)22/h7-11,27H,12H2,1-6H3,(H,24,29). The van der Waals surface area contributed by atoms with Crippen LogP contribution in [0.2, 0.25) is 0 Å². The number of nitrogens with zero attached hydrogens (tertiary/aromatic N) is 3. The fraction of sp³-hybridized carbons (Fsp3) is 0.348. The second kappa shape index (κ2) is 7.85. The van der Waals surface area contributed by atoms with Crippen molar-refractivity contribution in [1.29, 1.82) is 0 Å². The number of carbonyl (C=O) groups excluding carboxylic acids is 1. The molecule has 2 N–H and O–H groups in total. The summed E-state index contributed by atoms with van der Waals surface area (Å²) in [5, 5.41) is 15.8. The SMILES string of the molecule is Cc1ccc(OCC(=O)Nc2ccc(-c3nnc4c(C)c(C(C)(C)C)[nH]n34)s2)c(C)c1. The Kier molecular flexibility index (Phi) is 5.35. The van der Waals surface area contributed by atoms with E-state index in [1.54, 1.807) is 0 Å². The maximum atomic E-state index is 12.4. The van der Waals surface area contributed by atoms with E-state index in [0.717, 1.165) is 49.5 Å². The quantitative estimate of drug-likeness (QED) is 0.459. The van der Waals surface area contributed by atoms with Gasteiger partial charge in [0, 0.05) is 16.7 Å². The third kappa shape index (κ3) is 4.20. The molecule has 0 saturated carbocycles. The van der Waals surface area contributed by atoms with Crippen LogP contribution in [0.4, 0.5) is 5.00 Å². The van der Waals surface area contributed by atoms with E-state index in [0.29, 0.717) is 0 Å². The number of aromatic amines is 1. The summed E-state index contributed by atoms with van der Waals surface area (Å²) in [6.07, 6.45) is 0. The molecule has 31 heavy (non-hydrogen) atoms. The first-order chi connectivity index (χ1) is 14.6. The van der Waals surface area contributed by atoms with Gasteiger partial charge in [0.2, 0.25) is 0 Å². The van der Waals surface area contributed by atoms with Gasteiger partial charge in [0.15, 0.2) is 18.1 Å². The molecule has 1 amide bonds. The molecular weight excluding hydrogens is 410 g/mol. The number of amides is 1. The minimum Gasteiger partial charge on any atom is -0.483 e. The Morgan fingerprint density at radius 2 is 1.94 bits per heavy atom. The maximum Gasteiger partial charge on any atom is 0.262 e. The minimum atomic E-state index is -0.203. The van der Waals surface area contributed by atoms with E-state index in [1.165, 1.54) is 11.3 Å². The van der Waals surface area contributed by atoms with Gasteiger partial charge in [-0.3, -0.25) is 9.89 Å². The van der Waals surface area contributed by atoms with Crippen molar-refractivity contribution in [2.75, 3.05) is 11.9 Å². The Bertz CT molecular complexity index is 1260. The number of nitrogens with one attached hydrogen (secondary N) is 2. The van der Waals surface area contributed by atoms with Gasteiger partial charge in [0.25, 0.3) is 5.91 Å². The van der Waals surface area contributed by atoms with Crippen molar-refractivity contribution < 1.29 is 9.53 Å². The number of fused-ring (bicyclic) bond motifs is 1. The van der Waals surface area contributed by atoms with Gasteiger partial charge in [0.1, 0.15) is 5.75 Å². The van der Waals surface area contributed by atoms with E-state index in [2.05, 4.69) is 48.3 Å². The number of H-pyrrole nitrogens is 1. The number of ether oxygens (including phenoxy) is 1. The van der Waals surface area contributed by atoms with Gasteiger partial charge in [0.05, 0.1) is 9.88 Å². The van der Waals surface area contributed by atoms with Crippen molar-refractivity contribution in [3.8, 4) is 16.5 Å². The Labute approximate surface area is 185 Å². The number of rotatable bonds is 5. The molecule has 8 heteroatoms. The van der Waals surface area contributed by atoms with Crippen LogP contribution in [0.25, 0.3) is 16.3 Å². The summed E-state index contributed by atoms with van der Waals surface area (Å²) < 4.78 is 7.58. The van der Waals surface area contributed by atoms with Crippen LogP contribution in [0.3, 0.4) is 0 Å². The van der Waals surface area contributed by atoms with Crippen LogP contribution in [0.15, 0.2) is 30.3 Å². The third-order valence-corrected chi connectivity index (χ3v) is 6.12. The Morgan fingerprint density at radius 3 is 2.65 bits per heavy atom. The second-order valence-corrected chi connectivity index (χ2v) is 9.90. The van der Waals surface area contributed by atoms with Crippen molar-refractivity contribution in [2.24, 2.45) is 0 Å². The van der Waals surface area contributed by atoms with E-state index in [-0.39, 0.29) is 17.9 Å². The molecule has 3 aromatic heterocycles. The monoisotopic (exact) mass is 437 g/mol. The van der Waals surface area contributed by atoms with E-state index in [1.807, 2.05) is 48.7 Å². The summed E-state index contributed by atoms with van der Waals surface area (Å²) in [4.78, 5) is 13.3. The van der Waals surface area contributed by atoms with E-state index < -0.39 is 0 Å². The molecule has 0 spiro atoms. The average molecular weight is 438 g/mol. The number of hydrogen-bond donors (Lipinski definition) is 2. The first-order valence-corrected chi connectivity index (χ1v) is 11.0. The summed E-state index contributed by atoms with van der Waals surface area (Å²) in [7, 11) is 0. The lowest BCUT2D eigenvalue weighted by atomic mass is 9.90. The lowest BCUT2D eigenvalue weighted by Crippen LogP contribution is -2.19. The molecule has 4 rings (SSSR count). The molecule has 3 heterocycles. The van der Waals surface area contributed by atoms with Crippen molar-refractivity contribution in [3.63, 3.8) is 0 Å². The summed E-state index contributed by atoms with van der Waals surface area (Å²) in [6.45, 7) is 12.5. The lowest BCUT2D eigenvalue weighted by Gasteiger charge is -2.17. The van der Waals surface area contributed by atoms with Gasteiger partial charge in [-0.05, 0) is 44.5 Å². The van der Waals surface area contributed by atoms with Crippen molar-refractivity contribution in [3.05, 3.63) is 52.7 Å². The number of carbonyl (C=O) groups is 1. The summed E-state index contributed by atoms with van der Waals surface area (Å²) in [6, 6.07) is 9.71. The predicted molar refractivity (Wildman–Crippen MR) is 124 cm³/mol. The van der Waals surface area contributed by atoms with Crippen molar-refractivity contribution in [1.82, 2.24) is 19.8 Å². The fourth-order valence-corrected chi connectivity index (χ4v) is 4.53. The van der Waals surface area contributed by atoms with E-state index in [4.69, 9.17) is 4.74 Å². The zero-order chi connectivity index (χ0) is 22.3. The van der Waals surface area contributed by atoms with E-state index in [9.17, 15) is 4.79 Å². The van der Waals surface area contributed by atoms with Gasteiger partial charge < -0.3 is 10.1 Å². The molecule has 7 nitrogen and oxygen atoms in total. The first kappa shape index (κ1) is 21.1. The van der Waals surface area contributed by atoms with Crippen LogP contribution in [0.1, 0.15) is 43.2 Å². The minimum absolute atomic E-state index is 0.0214. The van der Waals surface area contributed by atoms with Gasteiger partial charge in [-0.15, -0.1) is 21.5 Å². The number of benzene rings is 1. The van der Waals surface area contributed by atoms with Crippen LogP contribution < -0.4 is 10.1 Å². The Balaban J connectivity index is 1.48. The number of aryl methyl sites for hydroxylation is 3. The highest BCUT2D eigenvalue weighted by Gasteiger charge is 2.24. The molecule has 0 bridgehead atoms. The van der Waals surface area contributed by atoms with Gasteiger partial charge in [-0.25, -0.2) is 4.52 Å². The predicted octanol–water partition coefficient (Wildman–Crippen LogP) is 5.03. The molecule has 162 valence electrons. The maximum absolute atomic E-state index is 12.4. The third-order valence-electron chi connectivity index (χ3n) is 5.13. The lowest BCUT2D eigenvalue weighted by molar-refractivity contribution is -0.118. The second-order valence-electron chi connectivity index (χ2n) is 8.81. The first-order valence-electron chi connectivity index (χ1n) is 10.2. The zero-order valence-electron chi connectivity index (χ0n) is 18.7. The molecule has 1 aromatic carbocycles.